The molecule has 7 nitrogen and oxygen atoms in total. The first-order chi connectivity index (χ1) is 17.1. The van der Waals surface area contributed by atoms with Crippen LogP contribution in [-0.2, 0) is 19.6 Å². The van der Waals surface area contributed by atoms with Crippen LogP contribution < -0.4 is 21.9 Å². The Morgan fingerprint density at radius 2 is 1.49 bits per heavy atom. The number of hydrogen-bond acceptors (Lipinski definition) is 5. The molecule has 2 aromatic heterocycles. The summed E-state index contributed by atoms with van der Waals surface area (Å²) < 4.78 is 1.41. The fourth-order valence-corrected chi connectivity index (χ4v) is 4.32. The fraction of sp³-hybridized carbons (Fsp3) is 0.107. The molecular weight excluding hydrogens is 438 g/mol. The van der Waals surface area contributed by atoms with Crippen LogP contribution in [0.25, 0.3) is 10.9 Å². The van der Waals surface area contributed by atoms with Crippen molar-refractivity contribution in [2.75, 3.05) is 10.6 Å². The summed E-state index contributed by atoms with van der Waals surface area (Å²) in [5.41, 5.74) is 9.49. The van der Waals surface area contributed by atoms with Gasteiger partial charge in [-0.15, -0.1) is 0 Å². The lowest BCUT2D eigenvalue weighted by molar-refractivity contribution is 0.713. The number of aromatic amines is 1. The number of rotatable bonds is 7. The number of nitrogens with one attached hydrogen (secondary N) is 1. The number of anilines is 2. The molecule has 5 aromatic rings. The van der Waals surface area contributed by atoms with Crippen LogP contribution in [0.2, 0.25) is 0 Å². The van der Waals surface area contributed by atoms with Crippen molar-refractivity contribution in [2.24, 2.45) is 0 Å². The van der Waals surface area contributed by atoms with Crippen molar-refractivity contribution in [1.82, 2.24) is 14.5 Å². The maximum Gasteiger partial charge on any atom is 0.330 e. The Labute approximate surface area is 202 Å². The summed E-state index contributed by atoms with van der Waals surface area (Å²) in [4.78, 5) is 34.8. The molecule has 35 heavy (non-hydrogen) atoms. The quantitative estimate of drug-likeness (QED) is 0.381. The van der Waals surface area contributed by atoms with Gasteiger partial charge < -0.3 is 10.6 Å². The average Bonchev–Trinajstić information content (AvgIpc) is 2.88. The van der Waals surface area contributed by atoms with Crippen molar-refractivity contribution < 1.29 is 0 Å². The highest BCUT2D eigenvalue weighted by Gasteiger charge is 2.21. The molecule has 0 spiro atoms. The molecule has 7 heteroatoms. The lowest BCUT2D eigenvalue weighted by atomic mass is 10.1. The van der Waals surface area contributed by atoms with E-state index in [1.807, 2.05) is 95.9 Å². The lowest BCUT2D eigenvalue weighted by Gasteiger charge is -2.27. The van der Waals surface area contributed by atoms with Crippen LogP contribution in [-0.4, -0.2) is 14.5 Å². The zero-order valence-electron chi connectivity index (χ0n) is 19.1. The highest BCUT2D eigenvalue weighted by Crippen LogP contribution is 2.25. The summed E-state index contributed by atoms with van der Waals surface area (Å²) in [6.45, 7) is 1.07. The fourth-order valence-electron chi connectivity index (χ4n) is 4.32. The Morgan fingerprint density at radius 3 is 2.23 bits per heavy atom. The van der Waals surface area contributed by atoms with Crippen LogP contribution in [0.1, 0.15) is 16.7 Å². The standard InChI is InChI=1S/C28H25N5O2/c29-26-25(27(34)31-28(35)33(26)18-21-11-5-2-6-12-21)32(17-20-9-3-1-4-10-20)19-23-14-7-13-22-15-8-16-30-24(22)23/h1-16H,17-19,29H2,(H,31,34,35). The SMILES string of the molecule is Nc1c(N(Cc2ccccc2)Cc2cccc3cccnc23)c(=O)[nH]c(=O)n1Cc1ccccc1. The van der Waals surface area contributed by atoms with Crippen LogP contribution in [0.4, 0.5) is 11.5 Å². The molecule has 174 valence electrons. The molecule has 0 amide bonds. The van der Waals surface area contributed by atoms with Gasteiger partial charge in [-0.05, 0) is 22.8 Å². The first kappa shape index (κ1) is 22.2. The third-order valence-corrected chi connectivity index (χ3v) is 6.01. The smallest absolute Gasteiger partial charge is 0.330 e. The first-order valence-corrected chi connectivity index (χ1v) is 11.4. The molecule has 0 saturated carbocycles. The maximum atomic E-state index is 13.1. The summed E-state index contributed by atoms with van der Waals surface area (Å²) in [5.74, 6) is 0.131. The van der Waals surface area contributed by atoms with Crippen molar-refractivity contribution in [3.63, 3.8) is 0 Å². The van der Waals surface area contributed by atoms with E-state index in [2.05, 4.69) is 9.97 Å². The molecule has 5 rings (SSSR count). The van der Waals surface area contributed by atoms with E-state index in [0.29, 0.717) is 13.1 Å². The van der Waals surface area contributed by atoms with Gasteiger partial charge in [0, 0.05) is 24.7 Å². The molecule has 0 fully saturated rings. The van der Waals surface area contributed by atoms with Crippen molar-refractivity contribution in [3.05, 3.63) is 135 Å². The molecule has 0 radical (unpaired) electrons. The number of benzene rings is 3. The van der Waals surface area contributed by atoms with Gasteiger partial charge in [-0.1, -0.05) is 84.9 Å². The lowest BCUT2D eigenvalue weighted by Crippen LogP contribution is -2.38. The average molecular weight is 464 g/mol. The third-order valence-electron chi connectivity index (χ3n) is 6.01. The van der Waals surface area contributed by atoms with E-state index in [1.54, 1.807) is 6.20 Å². The van der Waals surface area contributed by atoms with Crippen molar-refractivity contribution in [1.29, 1.82) is 0 Å². The van der Waals surface area contributed by atoms with Gasteiger partial charge in [0.05, 0.1) is 12.1 Å². The van der Waals surface area contributed by atoms with Crippen LogP contribution >= 0.6 is 0 Å². The molecule has 0 atom stereocenters. The molecule has 0 aliphatic carbocycles. The number of H-pyrrole nitrogens is 1. The van der Waals surface area contributed by atoms with E-state index < -0.39 is 11.2 Å². The van der Waals surface area contributed by atoms with Crippen molar-refractivity contribution in [2.45, 2.75) is 19.6 Å². The zero-order valence-corrected chi connectivity index (χ0v) is 19.1. The van der Waals surface area contributed by atoms with Crippen LogP contribution in [0, 0.1) is 0 Å². The molecule has 0 saturated heterocycles. The second-order valence-corrected chi connectivity index (χ2v) is 8.40. The second-order valence-electron chi connectivity index (χ2n) is 8.40. The third kappa shape index (κ3) is 4.70. The summed E-state index contributed by atoms with van der Waals surface area (Å²) in [6, 6.07) is 29.3. The van der Waals surface area contributed by atoms with Crippen LogP contribution in [0.5, 0.6) is 0 Å². The van der Waals surface area contributed by atoms with Gasteiger partial charge in [-0.3, -0.25) is 19.3 Å². The highest BCUT2D eigenvalue weighted by atomic mass is 16.2. The summed E-state index contributed by atoms with van der Waals surface area (Å²) in [5, 5.41) is 1.01. The summed E-state index contributed by atoms with van der Waals surface area (Å²) in [6.07, 6.45) is 1.76. The van der Waals surface area contributed by atoms with E-state index >= 15 is 0 Å². The predicted molar refractivity (Wildman–Crippen MR) is 139 cm³/mol. The second kappa shape index (κ2) is 9.69. The van der Waals surface area contributed by atoms with Gasteiger partial charge >= 0.3 is 5.69 Å². The first-order valence-electron chi connectivity index (χ1n) is 11.4. The topological polar surface area (TPSA) is 97.0 Å². The van der Waals surface area contributed by atoms with Gasteiger partial charge in [-0.2, -0.15) is 0 Å². The van der Waals surface area contributed by atoms with Crippen molar-refractivity contribution in [3.8, 4) is 0 Å². The molecule has 0 aliphatic heterocycles. The van der Waals surface area contributed by atoms with Gasteiger partial charge in [0.15, 0.2) is 0 Å². The largest absolute Gasteiger partial charge is 0.383 e. The molecule has 2 heterocycles. The zero-order chi connectivity index (χ0) is 24.2. The molecule has 0 unspecified atom stereocenters. The van der Waals surface area contributed by atoms with E-state index in [0.717, 1.165) is 27.6 Å². The van der Waals surface area contributed by atoms with E-state index in [4.69, 9.17) is 5.73 Å². The number of pyridine rings is 1. The number of para-hydroxylation sites is 1. The molecule has 3 N–H and O–H groups in total. The molecule has 0 aliphatic rings. The minimum Gasteiger partial charge on any atom is -0.383 e. The Kier molecular flexibility index (Phi) is 6.13. The highest BCUT2D eigenvalue weighted by molar-refractivity contribution is 5.82. The number of hydrogen-bond donors (Lipinski definition) is 2. The van der Waals surface area contributed by atoms with Gasteiger partial charge in [-0.25, -0.2) is 4.79 Å². The van der Waals surface area contributed by atoms with Crippen LogP contribution in [0.3, 0.4) is 0 Å². The molecule has 3 aromatic carbocycles. The van der Waals surface area contributed by atoms with Crippen LogP contribution in [0.15, 0.2) is 107 Å². The Hall–Kier alpha value is -4.65. The number of nitrogens with zero attached hydrogens (tertiary/aromatic N) is 3. The Bertz CT molecular complexity index is 1570. The summed E-state index contributed by atoms with van der Waals surface area (Å²) >= 11 is 0. The van der Waals surface area contributed by atoms with Gasteiger partial charge in [0.1, 0.15) is 11.5 Å². The minimum absolute atomic E-state index is 0.131. The number of fused-ring (bicyclic) bond motifs is 1. The molecule has 0 bridgehead atoms. The number of aromatic nitrogens is 3. The Balaban J connectivity index is 1.62. The number of nitrogen functional groups attached to an aromatic ring is 1. The maximum absolute atomic E-state index is 13.1. The minimum atomic E-state index is -0.536. The van der Waals surface area contributed by atoms with E-state index in [-0.39, 0.29) is 18.1 Å². The van der Waals surface area contributed by atoms with Crippen molar-refractivity contribution >= 4 is 22.4 Å². The monoisotopic (exact) mass is 463 g/mol. The van der Waals surface area contributed by atoms with E-state index in [9.17, 15) is 9.59 Å². The molecular formula is C28H25N5O2. The van der Waals surface area contributed by atoms with Gasteiger partial charge in [0.25, 0.3) is 5.56 Å². The number of nitrogens with two attached hydrogens (primary N) is 1. The van der Waals surface area contributed by atoms with E-state index in [1.165, 1.54) is 4.57 Å². The normalized spacial score (nSPS) is 11.0. The van der Waals surface area contributed by atoms with Gasteiger partial charge in [0.2, 0.25) is 0 Å². The summed E-state index contributed by atoms with van der Waals surface area (Å²) in [7, 11) is 0. The predicted octanol–water partition coefficient (Wildman–Crippen LogP) is 3.92. The Morgan fingerprint density at radius 1 is 0.800 bits per heavy atom.